The van der Waals surface area contributed by atoms with Crippen LogP contribution in [-0.2, 0) is 32.6 Å². The van der Waals surface area contributed by atoms with Gasteiger partial charge in [-0.25, -0.2) is 8.42 Å². The van der Waals surface area contributed by atoms with Gasteiger partial charge in [-0.15, -0.1) is 0 Å². The zero-order valence-corrected chi connectivity index (χ0v) is 26.9. The highest BCUT2D eigenvalue weighted by Crippen LogP contribution is 2.23. The molecular formula is C32H40BrN3O5S. The molecule has 0 fully saturated rings. The third-order valence-electron chi connectivity index (χ3n) is 6.86. The Hall–Kier alpha value is -3.37. The number of methoxy groups -OCH3 is 1. The molecule has 10 heteroatoms. The number of amides is 2. The fourth-order valence-corrected chi connectivity index (χ4v) is 6.06. The Balaban J connectivity index is 1.86. The summed E-state index contributed by atoms with van der Waals surface area (Å²) in [7, 11) is -2.05. The number of nitrogens with zero attached hydrogens (tertiary/aromatic N) is 2. The molecule has 0 saturated heterocycles. The summed E-state index contributed by atoms with van der Waals surface area (Å²) in [5, 5.41) is 3.02. The summed E-state index contributed by atoms with van der Waals surface area (Å²) in [6.07, 6.45) is 3.65. The van der Waals surface area contributed by atoms with E-state index in [1.165, 1.54) is 4.31 Å². The molecule has 1 N–H and O–H groups in total. The number of anilines is 1. The normalized spacial score (nSPS) is 11.9. The standard InChI is InChI=1S/C32H40BrN3O5S/c1-4-5-20-34-32(38)30(23-25-11-7-6-8-12-25)35(24-26-13-9-14-27(33)22-26)31(37)15-10-21-36(42(3,39)40)28-16-18-29(41-2)19-17-28/h6-9,11-14,16-19,22,30H,4-5,10,15,20-21,23-24H2,1-3H3,(H,34,38)/t30-/m0/s1. The van der Waals surface area contributed by atoms with Crippen molar-refractivity contribution in [3.05, 3.63) is 94.5 Å². The van der Waals surface area contributed by atoms with E-state index in [2.05, 4.69) is 28.2 Å². The maximum atomic E-state index is 13.9. The first-order valence-corrected chi connectivity index (χ1v) is 16.7. The molecule has 0 spiro atoms. The zero-order valence-electron chi connectivity index (χ0n) is 24.5. The zero-order chi connectivity index (χ0) is 30.5. The molecule has 1 atom stereocenters. The van der Waals surface area contributed by atoms with Gasteiger partial charge in [0.1, 0.15) is 11.8 Å². The lowest BCUT2D eigenvalue weighted by Gasteiger charge is -2.32. The van der Waals surface area contributed by atoms with Crippen LogP contribution in [0.2, 0.25) is 0 Å². The molecule has 3 aromatic rings. The molecule has 3 aromatic carbocycles. The van der Waals surface area contributed by atoms with Gasteiger partial charge >= 0.3 is 0 Å². The fourth-order valence-electron chi connectivity index (χ4n) is 4.64. The summed E-state index contributed by atoms with van der Waals surface area (Å²) in [4.78, 5) is 29.1. The van der Waals surface area contributed by atoms with Crippen LogP contribution in [0.1, 0.15) is 43.7 Å². The van der Waals surface area contributed by atoms with Gasteiger partial charge < -0.3 is 15.0 Å². The summed E-state index contributed by atoms with van der Waals surface area (Å²) in [6, 6.07) is 23.3. The second kappa shape index (κ2) is 16.3. The van der Waals surface area contributed by atoms with Crippen LogP contribution in [0.4, 0.5) is 5.69 Å². The first kappa shape index (κ1) is 33.1. The second-order valence-corrected chi connectivity index (χ2v) is 13.0. The molecule has 0 aromatic heterocycles. The molecule has 2 amide bonds. The van der Waals surface area contributed by atoms with Crippen molar-refractivity contribution in [1.82, 2.24) is 10.2 Å². The van der Waals surface area contributed by atoms with E-state index >= 15 is 0 Å². The number of hydrogen-bond donors (Lipinski definition) is 1. The number of rotatable bonds is 16. The highest BCUT2D eigenvalue weighted by molar-refractivity contribution is 9.10. The highest BCUT2D eigenvalue weighted by atomic mass is 79.9. The van der Waals surface area contributed by atoms with Crippen LogP contribution >= 0.6 is 15.9 Å². The first-order chi connectivity index (χ1) is 20.1. The molecule has 0 heterocycles. The number of carbonyl (C=O) groups is 2. The average molecular weight is 659 g/mol. The molecule has 0 radical (unpaired) electrons. The Labute approximate surface area is 258 Å². The average Bonchev–Trinajstić information content (AvgIpc) is 2.97. The van der Waals surface area contributed by atoms with Gasteiger partial charge in [0.05, 0.1) is 19.1 Å². The smallest absolute Gasteiger partial charge is 0.243 e. The largest absolute Gasteiger partial charge is 0.497 e. The maximum absolute atomic E-state index is 13.9. The number of ether oxygens (including phenoxy) is 1. The Morgan fingerprint density at radius 2 is 1.64 bits per heavy atom. The summed E-state index contributed by atoms with van der Waals surface area (Å²) >= 11 is 3.51. The van der Waals surface area contributed by atoms with Gasteiger partial charge in [0.2, 0.25) is 21.8 Å². The minimum Gasteiger partial charge on any atom is -0.497 e. The molecule has 0 aliphatic carbocycles. The van der Waals surface area contributed by atoms with Crippen molar-refractivity contribution >= 4 is 43.5 Å². The molecule has 0 bridgehead atoms. The van der Waals surface area contributed by atoms with E-state index in [4.69, 9.17) is 4.74 Å². The van der Waals surface area contributed by atoms with Crippen molar-refractivity contribution in [1.29, 1.82) is 0 Å². The van der Waals surface area contributed by atoms with Crippen LogP contribution in [0.5, 0.6) is 5.75 Å². The van der Waals surface area contributed by atoms with E-state index in [0.717, 1.165) is 34.7 Å². The number of unbranched alkanes of at least 4 members (excludes halogenated alkanes) is 1. The van der Waals surface area contributed by atoms with E-state index < -0.39 is 16.1 Å². The quantitative estimate of drug-likeness (QED) is 0.204. The van der Waals surface area contributed by atoms with Crippen molar-refractivity contribution in [2.45, 2.75) is 51.6 Å². The minimum atomic E-state index is -3.59. The Morgan fingerprint density at radius 1 is 0.952 bits per heavy atom. The van der Waals surface area contributed by atoms with Crippen LogP contribution in [0.15, 0.2) is 83.3 Å². The number of nitrogens with one attached hydrogen (secondary N) is 1. The molecule has 42 heavy (non-hydrogen) atoms. The summed E-state index contributed by atoms with van der Waals surface area (Å²) in [6.45, 7) is 2.95. The molecule has 0 saturated carbocycles. The van der Waals surface area contributed by atoms with Crippen molar-refractivity contribution in [2.24, 2.45) is 0 Å². The summed E-state index contributed by atoms with van der Waals surface area (Å²) in [5.41, 5.74) is 2.32. The molecule has 8 nitrogen and oxygen atoms in total. The number of sulfonamides is 1. The van der Waals surface area contributed by atoms with E-state index in [1.807, 2.05) is 54.6 Å². The maximum Gasteiger partial charge on any atom is 0.243 e. The van der Waals surface area contributed by atoms with Crippen LogP contribution < -0.4 is 14.4 Å². The third kappa shape index (κ3) is 10.2. The van der Waals surface area contributed by atoms with Crippen molar-refractivity contribution in [2.75, 3.05) is 30.8 Å². The van der Waals surface area contributed by atoms with Crippen LogP contribution in [-0.4, -0.2) is 57.6 Å². The second-order valence-electron chi connectivity index (χ2n) is 10.1. The van der Waals surface area contributed by atoms with Gasteiger partial charge in [0.15, 0.2) is 0 Å². The van der Waals surface area contributed by atoms with Crippen molar-refractivity contribution < 1.29 is 22.7 Å². The Kier molecular flexibility index (Phi) is 12.9. The lowest BCUT2D eigenvalue weighted by atomic mass is 10.0. The highest BCUT2D eigenvalue weighted by Gasteiger charge is 2.30. The molecule has 0 unspecified atom stereocenters. The van der Waals surface area contributed by atoms with Crippen LogP contribution in [0, 0.1) is 0 Å². The first-order valence-electron chi connectivity index (χ1n) is 14.1. The number of hydrogen-bond acceptors (Lipinski definition) is 5. The van der Waals surface area contributed by atoms with Gasteiger partial charge in [-0.3, -0.25) is 13.9 Å². The summed E-state index contributed by atoms with van der Waals surface area (Å²) < 4.78 is 32.6. The van der Waals surface area contributed by atoms with E-state index in [9.17, 15) is 18.0 Å². The predicted octanol–water partition coefficient (Wildman–Crippen LogP) is 5.56. The van der Waals surface area contributed by atoms with Crippen LogP contribution in [0.3, 0.4) is 0 Å². The minimum absolute atomic E-state index is 0.0731. The Morgan fingerprint density at radius 3 is 2.26 bits per heavy atom. The van der Waals surface area contributed by atoms with Crippen LogP contribution in [0.25, 0.3) is 0 Å². The molecule has 0 aliphatic heterocycles. The molecule has 3 rings (SSSR count). The number of carbonyl (C=O) groups excluding carboxylic acids is 2. The number of benzene rings is 3. The third-order valence-corrected chi connectivity index (χ3v) is 8.54. The fraction of sp³-hybridized carbons (Fsp3) is 0.375. The summed E-state index contributed by atoms with van der Waals surface area (Å²) in [5.74, 6) is 0.198. The van der Waals surface area contributed by atoms with Gasteiger partial charge in [0, 0.05) is 36.9 Å². The van der Waals surface area contributed by atoms with Gasteiger partial charge in [0.25, 0.3) is 0 Å². The predicted molar refractivity (Wildman–Crippen MR) is 171 cm³/mol. The van der Waals surface area contributed by atoms with Crippen molar-refractivity contribution in [3.8, 4) is 5.75 Å². The topological polar surface area (TPSA) is 96.0 Å². The van der Waals surface area contributed by atoms with Gasteiger partial charge in [-0.05, 0) is 60.4 Å². The lowest BCUT2D eigenvalue weighted by Crippen LogP contribution is -2.50. The molecule has 0 aliphatic rings. The monoisotopic (exact) mass is 657 g/mol. The van der Waals surface area contributed by atoms with E-state index in [0.29, 0.717) is 24.4 Å². The van der Waals surface area contributed by atoms with E-state index in [-0.39, 0.29) is 37.7 Å². The van der Waals surface area contributed by atoms with Gasteiger partial charge in [-0.1, -0.05) is 71.7 Å². The Bertz CT molecular complexity index is 1400. The molecule has 226 valence electrons. The number of halogens is 1. The SMILES string of the molecule is CCCCNC(=O)[C@H](Cc1ccccc1)N(Cc1cccc(Br)c1)C(=O)CCCN(c1ccc(OC)cc1)S(C)(=O)=O. The van der Waals surface area contributed by atoms with Crippen molar-refractivity contribution in [3.63, 3.8) is 0 Å². The lowest BCUT2D eigenvalue weighted by molar-refractivity contribution is -0.141. The van der Waals surface area contributed by atoms with Gasteiger partial charge in [-0.2, -0.15) is 0 Å². The molecular weight excluding hydrogens is 618 g/mol. The van der Waals surface area contributed by atoms with E-state index in [1.54, 1.807) is 36.3 Å².